The predicted molar refractivity (Wildman–Crippen MR) is 74.3 cm³/mol. The van der Waals surface area contributed by atoms with Gasteiger partial charge in [0.25, 0.3) is 0 Å². The van der Waals surface area contributed by atoms with E-state index in [9.17, 15) is 4.79 Å². The van der Waals surface area contributed by atoms with Crippen molar-refractivity contribution in [1.29, 1.82) is 0 Å². The van der Waals surface area contributed by atoms with Crippen LogP contribution in [0.2, 0.25) is 0 Å². The van der Waals surface area contributed by atoms with Crippen molar-refractivity contribution in [2.24, 2.45) is 17.8 Å². The first-order chi connectivity index (χ1) is 8.75. The zero-order chi connectivity index (χ0) is 12.8. The predicted octanol–water partition coefficient (Wildman–Crippen LogP) is 2.32. The van der Waals surface area contributed by atoms with E-state index in [1.807, 2.05) is 0 Å². The molecule has 2 atom stereocenters. The third-order valence-electron chi connectivity index (χ3n) is 4.62. The van der Waals surface area contributed by atoms with Crippen molar-refractivity contribution < 1.29 is 4.79 Å². The van der Waals surface area contributed by atoms with Gasteiger partial charge in [-0.1, -0.05) is 32.6 Å². The van der Waals surface area contributed by atoms with Crippen LogP contribution in [0.4, 0.5) is 0 Å². The molecule has 1 saturated heterocycles. The van der Waals surface area contributed by atoms with Crippen LogP contribution >= 0.6 is 0 Å². The third kappa shape index (κ3) is 4.27. The van der Waals surface area contributed by atoms with Crippen molar-refractivity contribution in [3.05, 3.63) is 0 Å². The van der Waals surface area contributed by atoms with Crippen LogP contribution < -0.4 is 10.6 Å². The summed E-state index contributed by atoms with van der Waals surface area (Å²) in [5, 5.41) is 6.49. The Morgan fingerprint density at radius 2 is 2.06 bits per heavy atom. The summed E-state index contributed by atoms with van der Waals surface area (Å²) in [6.07, 6.45) is 8.91. The van der Waals surface area contributed by atoms with Crippen LogP contribution in [-0.2, 0) is 4.79 Å². The summed E-state index contributed by atoms with van der Waals surface area (Å²) in [6.45, 7) is 5.23. The number of amides is 1. The Hall–Kier alpha value is -0.570. The van der Waals surface area contributed by atoms with E-state index in [1.165, 1.54) is 32.1 Å². The minimum atomic E-state index is 0.204. The summed E-state index contributed by atoms with van der Waals surface area (Å²) >= 11 is 0. The van der Waals surface area contributed by atoms with E-state index < -0.39 is 0 Å². The highest BCUT2D eigenvalue weighted by atomic mass is 16.1. The normalized spacial score (nSPS) is 26.4. The summed E-state index contributed by atoms with van der Waals surface area (Å²) in [4.78, 5) is 12.0. The summed E-state index contributed by atoms with van der Waals surface area (Å²) < 4.78 is 0. The molecule has 3 heteroatoms. The maximum atomic E-state index is 12.0. The van der Waals surface area contributed by atoms with E-state index in [0.29, 0.717) is 0 Å². The number of carbonyl (C=O) groups is 1. The molecule has 0 aromatic carbocycles. The second-order valence-corrected chi connectivity index (χ2v) is 6.23. The van der Waals surface area contributed by atoms with E-state index in [0.717, 1.165) is 44.3 Å². The molecule has 18 heavy (non-hydrogen) atoms. The Labute approximate surface area is 111 Å². The lowest BCUT2D eigenvalue weighted by atomic mass is 9.94. The molecule has 0 aromatic heterocycles. The highest BCUT2D eigenvalue weighted by Gasteiger charge is 2.22. The first-order valence-corrected chi connectivity index (χ1v) is 7.74. The maximum absolute atomic E-state index is 12.0. The topological polar surface area (TPSA) is 41.1 Å². The van der Waals surface area contributed by atoms with Gasteiger partial charge in [0, 0.05) is 12.5 Å². The molecule has 1 aliphatic heterocycles. The van der Waals surface area contributed by atoms with E-state index >= 15 is 0 Å². The van der Waals surface area contributed by atoms with Crippen molar-refractivity contribution in [3.63, 3.8) is 0 Å². The van der Waals surface area contributed by atoms with Gasteiger partial charge in [0.05, 0.1) is 0 Å². The van der Waals surface area contributed by atoms with Crippen molar-refractivity contribution in [1.82, 2.24) is 10.6 Å². The number of rotatable bonds is 6. The molecule has 1 saturated carbocycles. The molecule has 0 bridgehead atoms. The van der Waals surface area contributed by atoms with E-state index in [4.69, 9.17) is 0 Å². The number of hydrogen-bond donors (Lipinski definition) is 2. The number of nitrogens with one attached hydrogen (secondary N) is 2. The van der Waals surface area contributed by atoms with Crippen molar-refractivity contribution in [2.75, 3.05) is 19.6 Å². The quantitative estimate of drug-likeness (QED) is 0.761. The number of carbonyl (C=O) groups excluding carboxylic acids is 1. The van der Waals surface area contributed by atoms with Crippen molar-refractivity contribution in [3.8, 4) is 0 Å². The van der Waals surface area contributed by atoms with Crippen LogP contribution in [-0.4, -0.2) is 25.5 Å². The molecular weight excluding hydrogens is 224 g/mol. The third-order valence-corrected chi connectivity index (χ3v) is 4.62. The molecule has 1 amide bonds. The zero-order valence-electron chi connectivity index (χ0n) is 11.7. The first-order valence-electron chi connectivity index (χ1n) is 7.74. The Morgan fingerprint density at radius 1 is 1.28 bits per heavy atom. The first kappa shape index (κ1) is 13.9. The van der Waals surface area contributed by atoms with Gasteiger partial charge in [-0.15, -0.1) is 0 Å². The van der Waals surface area contributed by atoms with Crippen LogP contribution in [0.15, 0.2) is 0 Å². The van der Waals surface area contributed by atoms with Crippen LogP contribution in [0.3, 0.4) is 0 Å². The smallest absolute Gasteiger partial charge is 0.222 e. The summed E-state index contributed by atoms with van der Waals surface area (Å²) in [5.41, 5.74) is 0. The molecule has 2 fully saturated rings. The lowest BCUT2D eigenvalue weighted by Crippen LogP contribution is -2.32. The van der Waals surface area contributed by atoms with Gasteiger partial charge in [0.1, 0.15) is 0 Å². The molecule has 1 heterocycles. The highest BCUT2D eigenvalue weighted by Crippen LogP contribution is 2.30. The summed E-state index contributed by atoms with van der Waals surface area (Å²) in [7, 11) is 0. The molecule has 2 rings (SSSR count). The van der Waals surface area contributed by atoms with Crippen LogP contribution in [0, 0.1) is 17.8 Å². The highest BCUT2D eigenvalue weighted by molar-refractivity contribution is 5.78. The minimum Gasteiger partial charge on any atom is -0.356 e. The van der Waals surface area contributed by atoms with Gasteiger partial charge in [-0.05, 0) is 44.2 Å². The lowest BCUT2D eigenvalue weighted by molar-refractivity contribution is -0.125. The standard InChI is InChI=1S/C15H28N2O/c1-12(10-13-4-2-3-5-13)15(18)17-9-7-14-6-8-16-11-14/h12-14,16H,2-11H2,1H3,(H,17,18). The van der Waals surface area contributed by atoms with Crippen LogP contribution in [0.5, 0.6) is 0 Å². The zero-order valence-corrected chi connectivity index (χ0v) is 11.7. The molecular formula is C15H28N2O. The van der Waals surface area contributed by atoms with Gasteiger partial charge in [-0.3, -0.25) is 4.79 Å². The molecule has 1 aliphatic carbocycles. The van der Waals surface area contributed by atoms with Gasteiger partial charge in [-0.2, -0.15) is 0 Å². The molecule has 2 N–H and O–H groups in total. The van der Waals surface area contributed by atoms with E-state index in [2.05, 4.69) is 17.6 Å². The Morgan fingerprint density at radius 3 is 2.72 bits per heavy atom. The molecule has 3 nitrogen and oxygen atoms in total. The van der Waals surface area contributed by atoms with Crippen molar-refractivity contribution >= 4 is 5.91 Å². The molecule has 2 aliphatic rings. The van der Waals surface area contributed by atoms with E-state index in [1.54, 1.807) is 0 Å². The van der Waals surface area contributed by atoms with Crippen LogP contribution in [0.25, 0.3) is 0 Å². The monoisotopic (exact) mass is 252 g/mol. The van der Waals surface area contributed by atoms with Gasteiger partial charge in [-0.25, -0.2) is 0 Å². The van der Waals surface area contributed by atoms with Crippen molar-refractivity contribution in [2.45, 2.75) is 51.9 Å². The van der Waals surface area contributed by atoms with Crippen LogP contribution in [0.1, 0.15) is 51.9 Å². The van der Waals surface area contributed by atoms with Gasteiger partial charge < -0.3 is 10.6 Å². The molecule has 0 aromatic rings. The minimum absolute atomic E-state index is 0.204. The van der Waals surface area contributed by atoms with Gasteiger partial charge in [0.2, 0.25) is 5.91 Å². The fourth-order valence-electron chi connectivity index (χ4n) is 3.39. The summed E-state index contributed by atoms with van der Waals surface area (Å²) in [5.74, 6) is 2.06. The number of hydrogen-bond acceptors (Lipinski definition) is 2. The lowest BCUT2D eigenvalue weighted by Gasteiger charge is -2.16. The largest absolute Gasteiger partial charge is 0.356 e. The molecule has 0 spiro atoms. The SMILES string of the molecule is CC(CC1CCCC1)C(=O)NCCC1CCNC1. The molecule has 0 radical (unpaired) electrons. The average Bonchev–Trinajstić information content (AvgIpc) is 3.01. The second kappa shape index (κ2) is 7.13. The Balaban J connectivity index is 1.57. The molecule has 104 valence electrons. The fraction of sp³-hybridized carbons (Fsp3) is 0.933. The summed E-state index contributed by atoms with van der Waals surface area (Å²) in [6, 6.07) is 0. The fourth-order valence-corrected chi connectivity index (χ4v) is 3.39. The average molecular weight is 252 g/mol. The molecule has 2 unspecified atom stereocenters. The van der Waals surface area contributed by atoms with Gasteiger partial charge >= 0.3 is 0 Å². The second-order valence-electron chi connectivity index (χ2n) is 6.23. The van der Waals surface area contributed by atoms with E-state index in [-0.39, 0.29) is 11.8 Å². The van der Waals surface area contributed by atoms with Gasteiger partial charge in [0.15, 0.2) is 0 Å². The Kier molecular flexibility index (Phi) is 5.48. The Bertz CT molecular complexity index is 255. The maximum Gasteiger partial charge on any atom is 0.222 e.